The maximum absolute atomic E-state index is 12.4. The van der Waals surface area contributed by atoms with E-state index >= 15 is 0 Å². The molecule has 0 unspecified atom stereocenters. The molecule has 1 N–H and O–H groups in total. The summed E-state index contributed by atoms with van der Waals surface area (Å²) in [7, 11) is 0. The molecule has 0 fully saturated rings. The number of rotatable bonds is 8. The SMILES string of the molecule is CC(=O)c1ccc(OCc2ccc(C(=O)Nc3ncn(Cc4ccc(C)cc4)n3)o2)cc1. The molecule has 1 amide bonds. The van der Waals surface area contributed by atoms with Crippen molar-refractivity contribution in [3.05, 3.63) is 95.2 Å². The fraction of sp³-hybridized carbons (Fsp3) is 0.167. The van der Waals surface area contributed by atoms with E-state index in [0.717, 1.165) is 5.56 Å². The number of anilines is 1. The average Bonchev–Trinajstić information content (AvgIpc) is 3.44. The van der Waals surface area contributed by atoms with E-state index in [4.69, 9.17) is 9.15 Å². The van der Waals surface area contributed by atoms with Gasteiger partial charge in [-0.2, -0.15) is 0 Å². The van der Waals surface area contributed by atoms with Gasteiger partial charge in [-0.1, -0.05) is 29.8 Å². The molecule has 0 aliphatic rings. The Morgan fingerprint density at radius 2 is 1.78 bits per heavy atom. The van der Waals surface area contributed by atoms with Gasteiger partial charge in [0.15, 0.2) is 11.5 Å². The van der Waals surface area contributed by atoms with Crippen LogP contribution in [0, 0.1) is 6.92 Å². The average molecular weight is 430 g/mol. The molecule has 0 aliphatic carbocycles. The molecule has 162 valence electrons. The van der Waals surface area contributed by atoms with Crippen molar-refractivity contribution in [1.29, 1.82) is 0 Å². The van der Waals surface area contributed by atoms with E-state index in [1.54, 1.807) is 47.4 Å². The summed E-state index contributed by atoms with van der Waals surface area (Å²) in [5.41, 5.74) is 2.89. The number of carbonyl (C=O) groups is 2. The Morgan fingerprint density at radius 1 is 1.03 bits per heavy atom. The second-order valence-electron chi connectivity index (χ2n) is 7.34. The number of Topliss-reactive ketones (excluding diaryl/α,β-unsaturated/α-hetero) is 1. The van der Waals surface area contributed by atoms with Crippen molar-refractivity contribution in [2.75, 3.05) is 5.32 Å². The molecule has 0 bridgehead atoms. The minimum Gasteiger partial charge on any atom is -0.486 e. The number of amides is 1. The van der Waals surface area contributed by atoms with Crippen molar-refractivity contribution in [2.45, 2.75) is 27.0 Å². The summed E-state index contributed by atoms with van der Waals surface area (Å²) in [4.78, 5) is 27.9. The lowest BCUT2D eigenvalue weighted by Gasteiger charge is -2.04. The smallest absolute Gasteiger partial charge is 0.293 e. The van der Waals surface area contributed by atoms with E-state index in [-0.39, 0.29) is 24.1 Å². The van der Waals surface area contributed by atoms with Gasteiger partial charge in [0.1, 0.15) is 24.4 Å². The zero-order valence-electron chi connectivity index (χ0n) is 17.7. The van der Waals surface area contributed by atoms with E-state index in [9.17, 15) is 9.59 Å². The van der Waals surface area contributed by atoms with E-state index < -0.39 is 5.91 Å². The van der Waals surface area contributed by atoms with Gasteiger partial charge in [-0.05, 0) is 55.8 Å². The highest BCUT2D eigenvalue weighted by atomic mass is 16.5. The monoisotopic (exact) mass is 430 g/mol. The number of nitrogens with zero attached hydrogens (tertiary/aromatic N) is 3. The van der Waals surface area contributed by atoms with Gasteiger partial charge in [0.2, 0.25) is 5.95 Å². The van der Waals surface area contributed by atoms with Crippen LogP contribution >= 0.6 is 0 Å². The zero-order valence-corrected chi connectivity index (χ0v) is 17.7. The van der Waals surface area contributed by atoms with Crippen LogP contribution in [0.25, 0.3) is 0 Å². The first-order valence-corrected chi connectivity index (χ1v) is 10.0. The number of aromatic nitrogens is 3. The summed E-state index contributed by atoms with van der Waals surface area (Å²) < 4.78 is 12.9. The van der Waals surface area contributed by atoms with Gasteiger partial charge in [-0.15, -0.1) is 5.10 Å². The summed E-state index contributed by atoms with van der Waals surface area (Å²) in [6.45, 7) is 4.25. The number of ketones is 1. The van der Waals surface area contributed by atoms with E-state index in [1.807, 2.05) is 31.2 Å². The third-order valence-corrected chi connectivity index (χ3v) is 4.75. The Morgan fingerprint density at radius 3 is 2.50 bits per heavy atom. The van der Waals surface area contributed by atoms with Crippen LogP contribution in [0.2, 0.25) is 0 Å². The van der Waals surface area contributed by atoms with Gasteiger partial charge in [0, 0.05) is 5.56 Å². The molecule has 4 rings (SSSR count). The number of aryl methyl sites for hydroxylation is 1. The third-order valence-electron chi connectivity index (χ3n) is 4.75. The molecule has 2 aromatic carbocycles. The highest BCUT2D eigenvalue weighted by Crippen LogP contribution is 2.16. The summed E-state index contributed by atoms with van der Waals surface area (Å²) in [5, 5.41) is 6.91. The number of furan rings is 1. The van der Waals surface area contributed by atoms with Crippen LogP contribution < -0.4 is 10.1 Å². The van der Waals surface area contributed by atoms with Crippen LogP contribution in [0.4, 0.5) is 5.95 Å². The summed E-state index contributed by atoms with van der Waals surface area (Å²) >= 11 is 0. The molecule has 32 heavy (non-hydrogen) atoms. The molecule has 0 saturated carbocycles. The first-order valence-electron chi connectivity index (χ1n) is 10.0. The van der Waals surface area contributed by atoms with E-state index in [0.29, 0.717) is 23.6 Å². The molecular formula is C24H22N4O4. The van der Waals surface area contributed by atoms with Crippen LogP contribution in [-0.2, 0) is 13.2 Å². The Balaban J connectivity index is 1.31. The Hall–Kier alpha value is -4.20. The molecular weight excluding hydrogens is 408 g/mol. The van der Waals surface area contributed by atoms with Crippen LogP contribution in [-0.4, -0.2) is 26.5 Å². The fourth-order valence-electron chi connectivity index (χ4n) is 2.99. The number of carbonyl (C=O) groups excluding carboxylic acids is 2. The maximum Gasteiger partial charge on any atom is 0.293 e. The van der Waals surface area contributed by atoms with Crippen LogP contribution in [0.5, 0.6) is 5.75 Å². The summed E-state index contributed by atoms with van der Waals surface area (Å²) in [5.74, 6) is 0.958. The minimum absolute atomic E-state index is 0.00675. The zero-order chi connectivity index (χ0) is 22.5. The maximum atomic E-state index is 12.4. The molecule has 8 heteroatoms. The second kappa shape index (κ2) is 9.30. The molecule has 2 aromatic heterocycles. The van der Waals surface area contributed by atoms with Gasteiger partial charge < -0.3 is 9.15 Å². The molecule has 0 aliphatic heterocycles. The van der Waals surface area contributed by atoms with Crippen molar-refractivity contribution in [3.63, 3.8) is 0 Å². The first-order chi connectivity index (χ1) is 15.5. The standard InChI is InChI=1S/C24H22N4O4/c1-16-3-5-18(6-4-16)13-28-15-25-24(27-28)26-23(30)22-12-11-21(32-22)14-31-20-9-7-19(8-10-20)17(2)29/h3-12,15H,13-14H2,1-2H3,(H,26,27,30). The molecule has 0 atom stereocenters. The number of ether oxygens (including phenoxy) is 1. The van der Waals surface area contributed by atoms with E-state index in [1.165, 1.54) is 12.5 Å². The molecule has 0 spiro atoms. The predicted octanol–water partition coefficient (Wildman–Crippen LogP) is 4.26. The normalized spacial score (nSPS) is 10.7. The van der Waals surface area contributed by atoms with Crippen molar-refractivity contribution in [2.24, 2.45) is 0 Å². The predicted molar refractivity (Wildman–Crippen MR) is 118 cm³/mol. The first kappa shape index (κ1) is 21.0. The molecule has 0 saturated heterocycles. The van der Waals surface area contributed by atoms with Crippen molar-refractivity contribution in [1.82, 2.24) is 14.8 Å². The molecule has 8 nitrogen and oxygen atoms in total. The molecule has 0 radical (unpaired) electrons. The lowest BCUT2D eigenvalue weighted by atomic mass is 10.1. The number of nitrogens with one attached hydrogen (secondary N) is 1. The highest BCUT2D eigenvalue weighted by Gasteiger charge is 2.14. The van der Waals surface area contributed by atoms with Crippen LogP contribution in [0.1, 0.15) is 44.7 Å². The van der Waals surface area contributed by atoms with Gasteiger partial charge in [-0.3, -0.25) is 14.9 Å². The fourth-order valence-corrected chi connectivity index (χ4v) is 2.99. The minimum atomic E-state index is -0.449. The van der Waals surface area contributed by atoms with Gasteiger partial charge in [0.25, 0.3) is 5.91 Å². The van der Waals surface area contributed by atoms with Crippen LogP contribution in [0.15, 0.2) is 71.4 Å². The van der Waals surface area contributed by atoms with Crippen molar-refractivity contribution < 1.29 is 18.7 Å². The Bertz CT molecular complexity index is 1220. The Labute approximate surface area is 184 Å². The third kappa shape index (κ3) is 5.28. The number of hydrogen-bond donors (Lipinski definition) is 1. The van der Waals surface area contributed by atoms with Crippen molar-refractivity contribution >= 4 is 17.6 Å². The highest BCUT2D eigenvalue weighted by molar-refractivity contribution is 6.01. The van der Waals surface area contributed by atoms with Gasteiger partial charge in [0.05, 0.1) is 6.54 Å². The van der Waals surface area contributed by atoms with Gasteiger partial charge >= 0.3 is 0 Å². The largest absolute Gasteiger partial charge is 0.486 e. The lowest BCUT2D eigenvalue weighted by Crippen LogP contribution is -2.12. The topological polar surface area (TPSA) is 99.2 Å². The van der Waals surface area contributed by atoms with Gasteiger partial charge in [-0.25, -0.2) is 9.67 Å². The number of hydrogen-bond acceptors (Lipinski definition) is 6. The Kier molecular flexibility index (Phi) is 6.12. The quantitative estimate of drug-likeness (QED) is 0.419. The lowest BCUT2D eigenvalue weighted by molar-refractivity contribution is 0.0989. The number of benzene rings is 2. The molecule has 2 heterocycles. The van der Waals surface area contributed by atoms with E-state index in [2.05, 4.69) is 15.4 Å². The van der Waals surface area contributed by atoms with Crippen molar-refractivity contribution in [3.8, 4) is 5.75 Å². The molecule has 4 aromatic rings. The van der Waals surface area contributed by atoms with Crippen LogP contribution in [0.3, 0.4) is 0 Å². The summed E-state index contributed by atoms with van der Waals surface area (Å²) in [6.07, 6.45) is 1.56. The summed E-state index contributed by atoms with van der Waals surface area (Å²) in [6, 6.07) is 18.2. The second-order valence-corrected chi connectivity index (χ2v) is 7.34.